The lowest BCUT2D eigenvalue weighted by molar-refractivity contribution is 0.311. The Bertz CT molecular complexity index is 158. The molecule has 0 amide bonds. The van der Waals surface area contributed by atoms with Gasteiger partial charge in [-0.1, -0.05) is 19.8 Å². The Kier molecular flexibility index (Phi) is 6.20. The molecule has 1 N–H and O–H groups in total. The molecule has 0 heterocycles. The summed E-state index contributed by atoms with van der Waals surface area (Å²) in [6.07, 6.45) is 2.53. The maximum Gasteiger partial charge on any atom is 0.175 e. The SMILES string of the molecule is CCCC[Si](C)(C)O[Si](C)(C)CCO. The van der Waals surface area contributed by atoms with E-state index >= 15 is 0 Å². The molecule has 0 unspecified atom stereocenters. The fourth-order valence-corrected chi connectivity index (χ4v) is 10.3. The van der Waals surface area contributed by atoms with Crippen molar-refractivity contribution < 1.29 is 9.22 Å². The zero-order valence-corrected chi connectivity index (χ0v) is 12.4. The van der Waals surface area contributed by atoms with Crippen LogP contribution in [0, 0.1) is 0 Å². The second kappa shape index (κ2) is 6.05. The zero-order valence-electron chi connectivity index (χ0n) is 10.4. The molecule has 86 valence electrons. The van der Waals surface area contributed by atoms with Gasteiger partial charge in [0.1, 0.15) is 0 Å². The molecule has 0 saturated carbocycles. The van der Waals surface area contributed by atoms with Crippen molar-refractivity contribution in [3.05, 3.63) is 0 Å². The van der Waals surface area contributed by atoms with Crippen molar-refractivity contribution in [3.8, 4) is 0 Å². The molecule has 0 aromatic rings. The standard InChI is InChI=1S/C10H26O2Si2/c1-6-7-9-13(2,3)12-14(4,5)10-8-11/h11H,6-10H2,1-5H3. The maximum absolute atomic E-state index is 8.94. The van der Waals surface area contributed by atoms with E-state index in [0.717, 1.165) is 6.04 Å². The number of unbranched alkanes of at least 4 members (excludes halogenated alkanes) is 1. The van der Waals surface area contributed by atoms with Gasteiger partial charge in [0.05, 0.1) is 0 Å². The average Bonchev–Trinajstić information content (AvgIpc) is 1.98. The van der Waals surface area contributed by atoms with Gasteiger partial charge in [0.15, 0.2) is 16.6 Å². The van der Waals surface area contributed by atoms with E-state index < -0.39 is 16.6 Å². The van der Waals surface area contributed by atoms with Crippen LogP contribution in [0.5, 0.6) is 0 Å². The lowest BCUT2D eigenvalue weighted by atomic mass is 10.4. The van der Waals surface area contributed by atoms with Crippen molar-refractivity contribution >= 4 is 16.6 Å². The van der Waals surface area contributed by atoms with Gasteiger partial charge in [-0.05, 0) is 38.3 Å². The maximum atomic E-state index is 8.94. The largest absolute Gasteiger partial charge is 0.455 e. The van der Waals surface area contributed by atoms with Crippen LogP contribution in [0.3, 0.4) is 0 Å². The first-order valence-electron chi connectivity index (χ1n) is 5.64. The highest BCUT2D eigenvalue weighted by atomic mass is 28.4. The van der Waals surface area contributed by atoms with Gasteiger partial charge in [-0.25, -0.2) is 0 Å². The monoisotopic (exact) mass is 234 g/mol. The van der Waals surface area contributed by atoms with Crippen molar-refractivity contribution in [1.82, 2.24) is 0 Å². The Morgan fingerprint density at radius 2 is 1.50 bits per heavy atom. The summed E-state index contributed by atoms with van der Waals surface area (Å²) in [6.45, 7) is 11.5. The number of rotatable bonds is 7. The van der Waals surface area contributed by atoms with Crippen LogP contribution >= 0.6 is 0 Å². The van der Waals surface area contributed by atoms with Crippen molar-refractivity contribution in [1.29, 1.82) is 0 Å². The molecular formula is C10H26O2Si2. The number of aliphatic hydroxyl groups excluding tert-OH is 1. The first-order valence-corrected chi connectivity index (χ1v) is 11.9. The van der Waals surface area contributed by atoms with E-state index in [4.69, 9.17) is 9.22 Å². The van der Waals surface area contributed by atoms with Gasteiger partial charge in [0.2, 0.25) is 0 Å². The quantitative estimate of drug-likeness (QED) is 0.686. The number of hydrogen-bond donors (Lipinski definition) is 1. The lowest BCUT2D eigenvalue weighted by Gasteiger charge is -2.33. The normalized spacial score (nSPS) is 13.3. The van der Waals surface area contributed by atoms with Crippen LogP contribution in [0.4, 0.5) is 0 Å². The van der Waals surface area contributed by atoms with Gasteiger partial charge in [-0.2, -0.15) is 0 Å². The average molecular weight is 234 g/mol. The summed E-state index contributed by atoms with van der Waals surface area (Å²) in [5, 5.41) is 8.94. The van der Waals surface area contributed by atoms with Crippen LogP contribution in [-0.2, 0) is 4.12 Å². The van der Waals surface area contributed by atoms with E-state index in [1.165, 1.54) is 18.9 Å². The molecule has 0 aliphatic heterocycles. The van der Waals surface area contributed by atoms with E-state index in [9.17, 15) is 0 Å². The van der Waals surface area contributed by atoms with Crippen LogP contribution in [0.2, 0.25) is 38.3 Å². The smallest absolute Gasteiger partial charge is 0.175 e. The molecule has 0 radical (unpaired) electrons. The van der Waals surface area contributed by atoms with Gasteiger partial charge in [-0.15, -0.1) is 0 Å². The summed E-state index contributed by atoms with van der Waals surface area (Å²) in [6, 6.07) is 2.13. The summed E-state index contributed by atoms with van der Waals surface area (Å²) < 4.78 is 6.29. The third-order valence-corrected chi connectivity index (χ3v) is 9.80. The Morgan fingerprint density at radius 1 is 1.00 bits per heavy atom. The molecule has 0 aliphatic rings. The molecule has 0 spiro atoms. The molecule has 0 aromatic carbocycles. The Hall–Kier alpha value is 0.354. The molecule has 0 aromatic heterocycles. The van der Waals surface area contributed by atoms with E-state index in [1.54, 1.807) is 0 Å². The molecule has 0 fully saturated rings. The third kappa shape index (κ3) is 6.76. The molecule has 0 aliphatic carbocycles. The molecule has 0 saturated heterocycles. The minimum Gasteiger partial charge on any atom is -0.455 e. The van der Waals surface area contributed by atoms with Crippen LogP contribution in [0.1, 0.15) is 19.8 Å². The van der Waals surface area contributed by atoms with Crippen molar-refractivity contribution in [3.63, 3.8) is 0 Å². The third-order valence-electron chi connectivity index (χ3n) is 2.40. The number of aliphatic hydroxyl groups is 1. The molecule has 0 atom stereocenters. The van der Waals surface area contributed by atoms with Gasteiger partial charge >= 0.3 is 0 Å². The fourth-order valence-electron chi connectivity index (χ4n) is 1.72. The van der Waals surface area contributed by atoms with E-state index in [1.807, 2.05) is 0 Å². The van der Waals surface area contributed by atoms with Gasteiger partial charge in [-0.3, -0.25) is 0 Å². The van der Waals surface area contributed by atoms with Crippen LogP contribution < -0.4 is 0 Å². The predicted octanol–water partition coefficient (Wildman–Crippen LogP) is 3.21. The summed E-state index contributed by atoms with van der Waals surface area (Å²) in [4.78, 5) is 0. The van der Waals surface area contributed by atoms with Gasteiger partial charge in [0.25, 0.3) is 0 Å². The second-order valence-corrected chi connectivity index (χ2v) is 14.1. The molecule has 2 nitrogen and oxygen atoms in total. The van der Waals surface area contributed by atoms with Crippen molar-refractivity contribution in [2.75, 3.05) is 6.61 Å². The summed E-state index contributed by atoms with van der Waals surface area (Å²) in [7, 11) is -3.02. The summed E-state index contributed by atoms with van der Waals surface area (Å²) in [5.41, 5.74) is 0. The highest BCUT2D eigenvalue weighted by Crippen LogP contribution is 2.22. The molecule has 0 rings (SSSR count). The lowest BCUT2D eigenvalue weighted by Crippen LogP contribution is -2.44. The molecule has 14 heavy (non-hydrogen) atoms. The minimum atomic E-state index is -1.58. The van der Waals surface area contributed by atoms with Crippen LogP contribution in [0.15, 0.2) is 0 Å². The predicted molar refractivity (Wildman–Crippen MR) is 67.7 cm³/mol. The van der Waals surface area contributed by atoms with Gasteiger partial charge < -0.3 is 9.22 Å². The minimum absolute atomic E-state index is 0.275. The Labute approximate surface area is 90.9 Å². The Balaban J connectivity index is 4.05. The van der Waals surface area contributed by atoms with Crippen LogP contribution in [-0.4, -0.2) is 28.3 Å². The Morgan fingerprint density at radius 3 is 1.93 bits per heavy atom. The van der Waals surface area contributed by atoms with Gasteiger partial charge in [0, 0.05) is 6.61 Å². The first-order chi connectivity index (χ1) is 6.33. The summed E-state index contributed by atoms with van der Waals surface area (Å²) in [5.74, 6) is 0. The molecule has 0 bridgehead atoms. The topological polar surface area (TPSA) is 29.5 Å². The second-order valence-electron chi connectivity index (χ2n) is 5.20. The van der Waals surface area contributed by atoms with E-state index in [0.29, 0.717) is 0 Å². The molecular weight excluding hydrogens is 208 g/mol. The van der Waals surface area contributed by atoms with Crippen LogP contribution in [0.25, 0.3) is 0 Å². The summed E-state index contributed by atoms with van der Waals surface area (Å²) >= 11 is 0. The highest BCUT2D eigenvalue weighted by molar-refractivity contribution is 6.84. The van der Waals surface area contributed by atoms with E-state index in [2.05, 4.69) is 33.1 Å². The highest BCUT2D eigenvalue weighted by Gasteiger charge is 2.31. The van der Waals surface area contributed by atoms with E-state index in [-0.39, 0.29) is 6.61 Å². The van der Waals surface area contributed by atoms with Crippen molar-refractivity contribution in [2.45, 2.75) is 58.0 Å². The fraction of sp³-hybridized carbons (Fsp3) is 1.00. The zero-order chi connectivity index (χ0) is 11.2. The number of hydrogen-bond acceptors (Lipinski definition) is 2. The molecule has 4 heteroatoms. The van der Waals surface area contributed by atoms with Crippen molar-refractivity contribution in [2.24, 2.45) is 0 Å². The first kappa shape index (κ1) is 14.4.